The molecular formula is C26H40O8Si. The van der Waals surface area contributed by atoms with Crippen molar-refractivity contribution in [3.63, 3.8) is 0 Å². The van der Waals surface area contributed by atoms with Crippen LogP contribution in [0.3, 0.4) is 0 Å². The molecule has 0 bridgehead atoms. The van der Waals surface area contributed by atoms with Crippen LogP contribution in [-0.2, 0) is 35.9 Å². The van der Waals surface area contributed by atoms with E-state index in [0.29, 0.717) is 22.6 Å². The lowest BCUT2D eigenvalue weighted by Gasteiger charge is -2.38. The molecule has 8 nitrogen and oxygen atoms in total. The Morgan fingerprint density at radius 2 is 1.74 bits per heavy atom. The van der Waals surface area contributed by atoms with Gasteiger partial charge in [-0.15, -0.1) is 0 Å². The molecule has 0 fully saturated rings. The van der Waals surface area contributed by atoms with E-state index in [1.54, 1.807) is 32.9 Å². The normalized spacial score (nSPS) is 21.1. The number of hydrogen-bond acceptors (Lipinski definition) is 8. The monoisotopic (exact) mass is 508 g/mol. The van der Waals surface area contributed by atoms with Gasteiger partial charge in [-0.3, -0.25) is 9.59 Å². The number of carbonyl (C=O) groups excluding carboxylic acids is 2. The van der Waals surface area contributed by atoms with E-state index in [0.717, 1.165) is 0 Å². The summed E-state index contributed by atoms with van der Waals surface area (Å²) in [5, 5.41) is 11.6. The zero-order valence-corrected chi connectivity index (χ0v) is 23.6. The molecule has 1 aliphatic rings. The fourth-order valence-corrected chi connectivity index (χ4v) is 4.11. The standard InChI is InChI=1S/C26H40O8Si/c1-24(2,3)23(28)32-16-21-19(27)11-12-26(29,34-21)22-17(13-18(30-7)14-20(22)31-8)15-33-35(9,10)25(4,5)6/h11-14,21,29H,15-16H2,1-10H3/t21-,26?/m1/s1. The third-order valence-electron chi connectivity index (χ3n) is 6.46. The Hall–Kier alpha value is -2.20. The zero-order chi connectivity index (χ0) is 26.8. The number of carbonyl (C=O) groups is 2. The molecule has 1 N–H and O–H groups in total. The largest absolute Gasteiger partial charge is 0.497 e. The van der Waals surface area contributed by atoms with Gasteiger partial charge in [0.1, 0.15) is 18.1 Å². The second kappa shape index (κ2) is 10.4. The summed E-state index contributed by atoms with van der Waals surface area (Å²) in [5.74, 6) is -2.07. The molecule has 0 aliphatic carbocycles. The molecule has 196 valence electrons. The molecule has 0 radical (unpaired) electrons. The number of benzene rings is 1. The summed E-state index contributed by atoms with van der Waals surface area (Å²) >= 11 is 0. The first-order chi connectivity index (χ1) is 15.9. The highest BCUT2D eigenvalue weighted by atomic mass is 28.4. The van der Waals surface area contributed by atoms with E-state index in [4.69, 9.17) is 23.4 Å². The maximum Gasteiger partial charge on any atom is 0.311 e. The van der Waals surface area contributed by atoms with Gasteiger partial charge in [-0.1, -0.05) is 20.8 Å². The predicted octanol–water partition coefficient (Wildman–Crippen LogP) is 4.48. The first-order valence-electron chi connectivity index (χ1n) is 11.6. The molecular weight excluding hydrogens is 468 g/mol. The molecule has 2 rings (SSSR count). The van der Waals surface area contributed by atoms with E-state index in [1.807, 2.05) is 0 Å². The summed E-state index contributed by atoms with van der Waals surface area (Å²) in [4.78, 5) is 24.7. The number of ether oxygens (including phenoxy) is 4. The maximum atomic E-state index is 12.5. The fourth-order valence-electron chi connectivity index (χ4n) is 3.16. The van der Waals surface area contributed by atoms with Gasteiger partial charge in [-0.25, -0.2) is 0 Å². The van der Waals surface area contributed by atoms with Crippen molar-refractivity contribution < 1.29 is 38.1 Å². The average Bonchev–Trinajstić information content (AvgIpc) is 2.75. The van der Waals surface area contributed by atoms with Crippen molar-refractivity contribution in [2.75, 3.05) is 20.8 Å². The van der Waals surface area contributed by atoms with Crippen LogP contribution in [0.4, 0.5) is 0 Å². The fraction of sp³-hybridized carbons (Fsp3) is 0.615. The quantitative estimate of drug-likeness (QED) is 0.405. The van der Waals surface area contributed by atoms with Gasteiger partial charge < -0.3 is 28.5 Å². The van der Waals surface area contributed by atoms with Gasteiger partial charge in [-0.05, 0) is 62.7 Å². The van der Waals surface area contributed by atoms with Crippen LogP contribution in [0, 0.1) is 5.41 Å². The first-order valence-corrected chi connectivity index (χ1v) is 14.6. The minimum Gasteiger partial charge on any atom is -0.497 e. The van der Waals surface area contributed by atoms with Crippen molar-refractivity contribution in [3.8, 4) is 11.5 Å². The summed E-state index contributed by atoms with van der Waals surface area (Å²) in [6.45, 7) is 15.7. The van der Waals surface area contributed by atoms with Crippen molar-refractivity contribution >= 4 is 20.1 Å². The smallest absolute Gasteiger partial charge is 0.311 e. The Balaban J connectivity index is 2.47. The molecule has 0 spiro atoms. The van der Waals surface area contributed by atoms with E-state index < -0.39 is 37.4 Å². The van der Waals surface area contributed by atoms with Crippen LogP contribution in [0.5, 0.6) is 11.5 Å². The lowest BCUT2D eigenvalue weighted by molar-refractivity contribution is -0.220. The van der Waals surface area contributed by atoms with E-state index in [1.165, 1.54) is 26.4 Å². The van der Waals surface area contributed by atoms with Crippen LogP contribution in [0.25, 0.3) is 0 Å². The highest BCUT2D eigenvalue weighted by molar-refractivity contribution is 6.74. The Bertz CT molecular complexity index is 971. The van der Waals surface area contributed by atoms with Crippen LogP contribution in [0.15, 0.2) is 24.3 Å². The van der Waals surface area contributed by atoms with E-state index in [2.05, 4.69) is 33.9 Å². The molecule has 0 amide bonds. The molecule has 0 aromatic heterocycles. The highest BCUT2D eigenvalue weighted by Crippen LogP contribution is 2.42. The Kier molecular flexibility index (Phi) is 8.64. The number of rotatable bonds is 8. The van der Waals surface area contributed by atoms with Crippen molar-refractivity contribution in [2.24, 2.45) is 5.41 Å². The van der Waals surface area contributed by atoms with Gasteiger partial charge in [-0.2, -0.15) is 0 Å². The number of aliphatic hydroxyl groups is 1. The summed E-state index contributed by atoms with van der Waals surface area (Å²) in [6, 6.07) is 3.39. The minimum absolute atomic E-state index is 0.0251. The van der Waals surface area contributed by atoms with Crippen LogP contribution in [-0.4, -0.2) is 52.1 Å². The summed E-state index contributed by atoms with van der Waals surface area (Å²) in [6.07, 6.45) is 1.33. The zero-order valence-electron chi connectivity index (χ0n) is 22.6. The van der Waals surface area contributed by atoms with Crippen molar-refractivity contribution in [1.82, 2.24) is 0 Å². The van der Waals surface area contributed by atoms with Gasteiger partial charge in [0.2, 0.25) is 5.79 Å². The number of esters is 1. The Morgan fingerprint density at radius 3 is 2.26 bits per heavy atom. The van der Waals surface area contributed by atoms with Gasteiger partial charge in [0.25, 0.3) is 0 Å². The number of ketones is 1. The predicted molar refractivity (Wildman–Crippen MR) is 135 cm³/mol. The van der Waals surface area contributed by atoms with Crippen LogP contribution in [0.1, 0.15) is 52.7 Å². The highest BCUT2D eigenvalue weighted by Gasteiger charge is 2.43. The molecule has 9 heteroatoms. The molecule has 35 heavy (non-hydrogen) atoms. The molecule has 1 aromatic carbocycles. The SMILES string of the molecule is COc1cc(CO[Si](C)(C)C(C)(C)C)c(C2(O)C=CC(=O)[C@@H](COC(=O)C(C)(C)C)O2)c(OC)c1. The van der Waals surface area contributed by atoms with Crippen LogP contribution in [0.2, 0.25) is 18.1 Å². The molecule has 0 saturated heterocycles. The van der Waals surface area contributed by atoms with Crippen molar-refractivity contribution in [3.05, 3.63) is 35.4 Å². The van der Waals surface area contributed by atoms with E-state index in [-0.39, 0.29) is 18.3 Å². The Morgan fingerprint density at radius 1 is 1.11 bits per heavy atom. The van der Waals surface area contributed by atoms with Crippen LogP contribution < -0.4 is 9.47 Å². The van der Waals surface area contributed by atoms with Gasteiger partial charge in [0.05, 0.1) is 31.8 Å². The molecule has 1 aliphatic heterocycles. The second-order valence-corrected chi connectivity index (χ2v) is 16.1. The van der Waals surface area contributed by atoms with Crippen molar-refractivity contribution in [1.29, 1.82) is 0 Å². The maximum absolute atomic E-state index is 12.5. The summed E-state index contributed by atoms with van der Waals surface area (Å²) in [7, 11) is 0.870. The van der Waals surface area contributed by atoms with Gasteiger partial charge in [0, 0.05) is 6.07 Å². The number of hydrogen-bond donors (Lipinski definition) is 1. The second-order valence-electron chi connectivity index (χ2n) is 11.3. The van der Waals surface area contributed by atoms with E-state index in [9.17, 15) is 14.7 Å². The molecule has 1 heterocycles. The molecule has 0 saturated carbocycles. The summed E-state index contributed by atoms with van der Waals surface area (Å²) < 4.78 is 28.6. The van der Waals surface area contributed by atoms with Crippen LogP contribution >= 0.6 is 0 Å². The third kappa shape index (κ3) is 6.72. The van der Waals surface area contributed by atoms with Gasteiger partial charge >= 0.3 is 5.97 Å². The first kappa shape index (κ1) is 29.0. The third-order valence-corrected chi connectivity index (χ3v) is 10.9. The van der Waals surface area contributed by atoms with Crippen molar-refractivity contribution in [2.45, 2.75) is 78.2 Å². The average molecular weight is 509 g/mol. The number of methoxy groups -OCH3 is 2. The molecule has 1 unspecified atom stereocenters. The lowest BCUT2D eigenvalue weighted by Crippen LogP contribution is -2.44. The Labute approximate surface area is 209 Å². The molecule has 2 atom stereocenters. The van der Waals surface area contributed by atoms with Gasteiger partial charge in [0.15, 0.2) is 20.2 Å². The summed E-state index contributed by atoms with van der Waals surface area (Å²) in [5.41, 5.74) is 0.158. The molecule has 1 aromatic rings. The minimum atomic E-state index is -2.14. The topological polar surface area (TPSA) is 101 Å². The van der Waals surface area contributed by atoms with E-state index >= 15 is 0 Å². The lowest BCUT2D eigenvalue weighted by atomic mass is 9.94.